The van der Waals surface area contributed by atoms with Crippen molar-refractivity contribution >= 4 is 11.3 Å². The second kappa shape index (κ2) is 6.24. The van der Waals surface area contributed by atoms with Gasteiger partial charge in [0.25, 0.3) is 0 Å². The third-order valence-corrected chi connectivity index (χ3v) is 5.22. The average Bonchev–Trinajstić information content (AvgIpc) is 3.18. The van der Waals surface area contributed by atoms with Crippen LogP contribution in [0.2, 0.25) is 0 Å². The molecule has 4 heteroatoms. The summed E-state index contributed by atoms with van der Waals surface area (Å²) < 4.78 is 0. The second-order valence-electron chi connectivity index (χ2n) is 5.84. The van der Waals surface area contributed by atoms with Gasteiger partial charge < -0.3 is 10.4 Å². The van der Waals surface area contributed by atoms with Gasteiger partial charge in [-0.1, -0.05) is 54.6 Å². The predicted octanol–water partition coefficient (Wildman–Crippen LogP) is 3.56. The first-order valence-corrected chi connectivity index (χ1v) is 8.68. The Morgan fingerprint density at radius 2 is 1.87 bits per heavy atom. The molecule has 0 saturated carbocycles. The van der Waals surface area contributed by atoms with Crippen molar-refractivity contribution in [3.8, 4) is 10.6 Å². The minimum Gasteiger partial charge on any atom is -0.391 e. The zero-order valence-electron chi connectivity index (χ0n) is 12.6. The van der Waals surface area contributed by atoms with Crippen LogP contribution in [0.15, 0.2) is 60.0 Å². The van der Waals surface area contributed by atoms with Crippen LogP contribution in [0, 0.1) is 0 Å². The van der Waals surface area contributed by atoms with E-state index >= 15 is 0 Å². The van der Waals surface area contributed by atoms with Gasteiger partial charge in [0.1, 0.15) is 5.01 Å². The van der Waals surface area contributed by atoms with Gasteiger partial charge in [-0.15, -0.1) is 11.3 Å². The summed E-state index contributed by atoms with van der Waals surface area (Å²) in [7, 11) is 0. The quantitative estimate of drug-likeness (QED) is 0.772. The zero-order chi connectivity index (χ0) is 15.6. The maximum absolute atomic E-state index is 10.3. The van der Waals surface area contributed by atoms with E-state index in [4.69, 9.17) is 4.98 Å². The van der Waals surface area contributed by atoms with Crippen molar-refractivity contribution < 1.29 is 5.11 Å². The Hall–Kier alpha value is -2.01. The summed E-state index contributed by atoms with van der Waals surface area (Å²) in [5.74, 6) is 0. The Morgan fingerprint density at radius 3 is 2.74 bits per heavy atom. The van der Waals surface area contributed by atoms with E-state index < -0.39 is 0 Å². The Kier molecular flexibility index (Phi) is 3.95. The van der Waals surface area contributed by atoms with Crippen molar-refractivity contribution in [2.24, 2.45) is 0 Å². The van der Waals surface area contributed by atoms with Gasteiger partial charge in [0.2, 0.25) is 0 Å². The molecule has 0 bridgehead atoms. The summed E-state index contributed by atoms with van der Waals surface area (Å²) in [5.41, 5.74) is 4.61. The van der Waals surface area contributed by atoms with Crippen molar-refractivity contribution in [2.75, 3.05) is 0 Å². The first kappa shape index (κ1) is 14.6. The summed E-state index contributed by atoms with van der Waals surface area (Å²) in [5, 5.41) is 16.9. The summed E-state index contributed by atoms with van der Waals surface area (Å²) in [6, 6.07) is 18.5. The average molecular weight is 322 g/mol. The van der Waals surface area contributed by atoms with E-state index in [1.54, 1.807) is 11.3 Å². The summed E-state index contributed by atoms with van der Waals surface area (Å²) in [4.78, 5) is 4.70. The zero-order valence-corrected chi connectivity index (χ0v) is 13.5. The van der Waals surface area contributed by atoms with Gasteiger partial charge >= 0.3 is 0 Å². The van der Waals surface area contributed by atoms with E-state index in [2.05, 4.69) is 35.0 Å². The molecule has 0 fully saturated rings. The van der Waals surface area contributed by atoms with Crippen molar-refractivity contribution in [3.05, 3.63) is 76.8 Å². The standard InChI is InChI=1S/C19H18N2OS/c22-17-10-14-8-4-5-9-16(14)18(17)20-11-15-12-23-19(21-15)13-6-2-1-3-7-13/h1-9,12,17-18,20,22H,10-11H2/t17-,18+/m0/s1. The monoisotopic (exact) mass is 322 g/mol. The van der Waals surface area contributed by atoms with Crippen LogP contribution in [-0.2, 0) is 13.0 Å². The van der Waals surface area contributed by atoms with Gasteiger partial charge in [0.05, 0.1) is 17.8 Å². The Labute approximate surface area is 139 Å². The number of fused-ring (bicyclic) bond motifs is 1. The van der Waals surface area contributed by atoms with E-state index in [9.17, 15) is 5.11 Å². The normalized spacial score (nSPS) is 19.7. The van der Waals surface area contributed by atoms with Crippen LogP contribution < -0.4 is 5.32 Å². The molecule has 3 aromatic rings. The van der Waals surface area contributed by atoms with Crippen LogP contribution in [0.1, 0.15) is 22.9 Å². The van der Waals surface area contributed by atoms with E-state index in [0.717, 1.165) is 22.7 Å². The lowest BCUT2D eigenvalue weighted by atomic mass is 10.1. The third kappa shape index (κ3) is 2.93. The van der Waals surface area contributed by atoms with E-state index in [1.807, 2.05) is 30.3 Å². The van der Waals surface area contributed by atoms with Crippen molar-refractivity contribution in [1.82, 2.24) is 10.3 Å². The molecule has 2 N–H and O–H groups in total. The number of thiazole rings is 1. The molecule has 0 saturated heterocycles. The SMILES string of the molecule is O[C@H]1Cc2ccccc2[C@H]1NCc1csc(-c2ccccc2)n1. The number of hydrogen-bond donors (Lipinski definition) is 2. The Balaban J connectivity index is 1.47. The number of hydrogen-bond acceptors (Lipinski definition) is 4. The molecule has 1 aliphatic rings. The number of aliphatic hydroxyl groups is 1. The second-order valence-corrected chi connectivity index (χ2v) is 6.70. The highest BCUT2D eigenvalue weighted by Crippen LogP contribution is 2.31. The fourth-order valence-corrected chi connectivity index (χ4v) is 3.96. The molecule has 0 aliphatic heterocycles. The molecule has 0 radical (unpaired) electrons. The smallest absolute Gasteiger partial charge is 0.123 e. The molecular weight excluding hydrogens is 304 g/mol. The van der Waals surface area contributed by atoms with Crippen LogP contribution in [0.25, 0.3) is 10.6 Å². The number of rotatable bonds is 4. The number of nitrogens with one attached hydrogen (secondary N) is 1. The molecule has 1 aliphatic carbocycles. The minimum absolute atomic E-state index is 0.00641. The molecule has 2 atom stereocenters. The first-order chi connectivity index (χ1) is 11.3. The lowest BCUT2D eigenvalue weighted by molar-refractivity contribution is 0.140. The molecule has 0 amide bonds. The van der Waals surface area contributed by atoms with E-state index in [-0.39, 0.29) is 12.1 Å². The number of aliphatic hydroxyl groups excluding tert-OH is 1. The Bertz CT molecular complexity index is 800. The molecule has 1 aromatic heterocycles. The highest BCUT2D eigenvalue weighted by Gasteiger charge is 2.30. The topological polar surface area (TPSA) is 45.1 Å². The van der Waals surface area contributed by atoms with Crippen LogP contribution >= 0.6 is 11.3 Å². The third-order valence-electron chi connectivity index (χ3n) is 4.28. The molecule has 3 nitrogen and oxygen atoms in total. The van der Waals surface area contributed by atoms with Gasteiger partial charge in [0.15, 0.2) is 0 Å². The molecule has 2 aromatic carbocycles. The fourth-order valence-electron chi connectivity index (χ4n) is 3.14. The van der Waals surface area contributed by atoms with Crippen molar-refractivity contribution in [1.29, 1.82) is 0 Å². The van der Waals surface area contributed by atoms with Crippen LogP contribution in [0.3, 0.4) is 0 Å². The predicted molar refractivity (Wildman–Crippen MR) is 93.3 cm³/mol. The highest BCUT2D eigenvalue weighted by atomic mass is 32.1. The van der Waals surface area contributed by atoms with Gasteiger partial charge in [-0.2, -0.15) is 0 Å². The number of benzene rings is 2. The first-order valence-electron chi connectivity index (χ1n) is 7.80. The summed E-state index contributed by atoms with van der Waals surface area (Å²) in [6.45, 7) is 0.666. The fraction of sp³-hybridized carbons (Fsp3) is 0.211. The maximum Gasteiger partial charge on any atom is 0.123 e. The molecule has 0 spiro atoms. The maximum atomic E-state index is 10.3. The van der Waals surface area contributed by atoms with Crippen molar-refractivity contribution in [3.63, 3.8) is 0 Å². The summed E-state index contributed by atoms with van der Waals surface area (Å²) >= 11 is 1.66. The van der Waals surface area contributed by atoms with Gasteiger partial charge in [-0.05, 0) is 11.1 Å². The van der Waals surface area contributed by atoms with Gasteiger partial charge in [-0.25, -0.2) is 4.98 Å². The highest BCUT2D eigenvalue weighted by molar-refractivity contribution is 7.13. The number of nitrogens with zero attached hydrogens (tertiary/aromatic N) is 1. The summed E-state index contributed by atoms with van der Waals surface area (Å²) in [6.07, 6.45) is 0.361. The van der Waals surface area contributed by atoms with Gasteiger partial charge in [0, 0.05) is 23.9 Å². The molecular formula is C19H18N2OS. The molecule has 1 heterocycles. The van der Waals surface area contributed by atoms with Crippen LogP contribution in [-0.4, -0.2) is 16.2 Å². The molecule has 0 unspecified atom stereocenters. The lowest BCUT2D eigenvalue weighted by Gasteiger charge is -2.17. The largest absolute Gasteiger partial charge is 0.391 e. The molecule has 116 valence electrons. The van der Waals surface area contributed by atoms with E-state index in [1.165, 1.54) is 11.1 Å². The van der Waals surface area contributed by atoms with E-state index in [0.29, 0.717) is 6.54 Å². The van der Waals surface area contributed by atoms with Gasteiger partial charge in [-0.3, -0.25) is 0 Å². The minimum atomic E-state index is -0.361. The van der Waals surface area contributed by atoms with Crippen LogP contribution in [0.5, 0.6) is 0 Å². The lowest BCUT2D eigenvalue weighted by Crippen LogP contribution is -2.28. The Morgan fingerprint density at radius 1 is 1.09 bits per heavy atom. The number of aromatic nitrogens is 1. The van der Waals surface area contributed by atoms with Crippen molar-refractivity contribution in [2.45, 2.75) is 25.1 Å². The molecule has 23 heavy (non-hydrogen) atoms. The van der Waals surface area contributed by atoms with Crippen LogP contribution in [0.4, 0.5) is 0 Å². The molecule has 4 rings (SSSR count).